The summed E-state index contributed by atoms with van der Waals surface area (Å²) in [5, 5.41) is 20.3. The summed E-state index contributed by atoms with van der Waals surface area (Å²) in [6.07, 6.45) is 3.28. The number of aromatic nitrogens is 2. The molecule has 0 atom stereocenters. The maximum Gasteiger partial charge on any atom is 0.328 e. The van der Waals surface area contributed by atoms with Crippen LogP contribution in [0.2, 0.25) is 0 Å². The highest BCUT2D eigenvalue weighted by atomic mass is 32.1. The lowest BCUT2D eigenvalue weighted by molar-refractivity contribution is -0.131. The molecule has 6 nitrogen and oxygen atoms in total. The number of nitrogens with zero attached hydrogens (tertiary/aromatic N) is 2. The Morgan fingerprint density at radius 2 is 2.00 bits per heavy atom. The number of carbonyl (C=O) groups is 2. The van der Waals surface area contributed by atoms with E-state index in [2.05, 4.69) is 15.5 Å². The zero-order valence-corrected chi connectivity index (χ0v) is 12.1. The topological polar surface area (TPSA) is 92.2 Å². The SMILES string of the molecule is CCc1nnc(NC(=O)c2ccc(/C=C/C(=O)O)cc2)s1. The van der Waals surface area contributed by atoms with Gasteiger partial charge in [0.1, 0.15) is 5.01 Å². The molecule has 0 bridgehead atoms. The molecule has 0 saturated carbocycles. The molecule has 1 aromatic heterocycles. The van der Waals surface area contributed by atoms with Crippen molar-refractivity contribution in [3.63, 3.8) is 0 Å². The molecule has 0 radical (unpaired) electrons. The molecule has 1 aromatic carbocycles. The van der Waals surface area contributed by atoms with E-state index in [0.29, 0.717) is 16.3 Å². The number of hydrogen-bond donors (Lipinski definition) is 2. The van der Waals surface area contributed by atoms with Crippen LogP contribution in [0.25, 0.3) is 6.08 Å². The molecule has 1 amide bonds. The highest BCUT2D eigenvalue weighted by molar-refractivity contribution is 7.15. The smallest absolute Gasteiger partial charge is 0.328 e. The van der Waals surface area contributed by atoms with Gasteiger partial charge >= 0.3 is 5.97 Å². The minimum absolute atomic E-state index is 0.275. The van der Waals surface area contributed by atoms with Crippen LogP contribution in [0.15, 0.2) is 30.3 Å². The third-order valence-electron chi connectivity index (χ3n) is 2.58. The molecule has 0 fully saturated rings. The molecule has 0 saturated heterocycles. The van der Waals surface area contributed by atoms with Crippen LogP contribution in [0.4, 0.5) is 5.13 Å². The van der Waals surface area contributed by atoms with E-state index in [1.807, 2.05) is 6.92 Å². The Labute approximate surface area is 125 Å². The van der Waals surface area contributed by atoms with Crippen molar-refractivity contribution in [2.24, 2.45) is 0 Å². The molecular weight excluding hydrogens is 290 g/mol. The summed E-state index contributed by atoms with van der Waals surface area (Å²) in [5.74, 6) is -1.29. The van der Waals surface area contributed by atoms with Crippen LogP contribution >= 0.6 is 11.3 Å². The first kappa shape index (κ1) is 14.9. The zero-order valence-electron chi connectivity index (χ0n) is 11.2. The van der Waals surface area contributed by atoms with E-state index < -0.39 is 5.97 Å². The average Bonchev–Trinajstić information content (AvgIpc) is 2.93. The second-order valence-corrected chi connectivity index (χ2v) is 5.16. The Bertz CT molecular complexity index is 677. The van der Waals surface area contributed by atoms with Crippen LogP contribution < -0.4 is 5.32 Å². The third kappa shape index (κ3) is 4.22. The molecule has 1 heterocycles. The molecule has 0 aliphatic carbocycles. The molecule has 2 N–H and O–H groups in total. The van der Waals surface area contributed by atoms with E-state index >= 15 is 0 Å². The van der Waals surface area contributed by atoms with Crippen molar-refractivity contribution in [2.75, 3.05) is 5.32 Å². The molecular formula is C14H13N3O3S. The van der Waals surface area contributed by atoms with Gasteiger partial charge in [-0.05, 0) is 30.2 Å². The van der Waals surface area contributed by atoms with Crippen LogP contribution in [0.1, 0.15) is 27.9 Å². The molecule has 0 aliphatic rings. The summed E-state index contributed by atoms with van der Waals surface area (Å²) >= 11 is 1.34. The Morgan fingerprint density at radius 1 is 1.29 bits per heavy atom. The number of nitrogens with one attached hydrogen (secondary N) is 1. The van der Waals surface area contributed by atoms with Crippen molar-refractivity contribution < 1.29 is 14.7 Å². The molecule has 7 heteroatoms. The number of benzene rings is 1. The maximum absolute atomic E-state index is 12.0. The highest BCUT2D eigenvalue weighted by Gasteiger charge is 2.09. The van der Waals surface area contributed by atoms with Crippen molar-refractivity contribution in [3.05, 3.63) is 46.5 Å². The summed E-state index contributed by atoms with van der Waals surface area (Å²) in [4.78, 5) is 22.4. The molecule has 2 aromatic rings. The van der Waals surface area contributed by atoms with Crippen molar-refractivity contribution in [3.8, 4) is 0 Å². The van der Waals surface area contributed by atoms with Gasteiger partial charge in [0.05, 0.1) is 0 Å². The molecule has 2 rings (SSSR count). The lowest BCUT2D eigenvalue weighted by Crippen LogP contribution is -2.11. The quantitative estimate of drug-likeness (QED) is 0.828. The van der Waals surface area contributed by atoms with E-state index in [-0.39, 0.29) is 5.91 Å². The number of carboxylic acid groups (broad SMARTS) is 1. The minimum Gasteiger partial charge on any atom is -0.478 e. The molecule has 0 unspecified atom stereocenters. The number of anilines is 1. The minimum atomic E-state index is -1.01. The standard InChI is InChI=1S/C14H13N3O3S/c1-2-11-16-17-14(21-11)15-13(20)10-6-3-9(4-7-10)5-8-12(18)19/h3-8H,2H2,1H3,(H,18,19)(H,15,17,20)/b8-5+. The van der Waals surface area contributed by atoms with Gasteiger partial charge < -0.3 is 5.11 Å². The predicted octanol–water partition coefficient (Wildman–Crippen LogP) is 2.45. The Hall–Kier alpha value is -2.54. The largest absolute Gasteiger partial charge is 0.478 e. The predicted molar refractivity (Wildman–Crippen MR) is 80.4 cm³/mol. The average molecular weight is 303 g/mol. The second kappa shape index (κ2) is 6.76. The van der Waals surface area contributed by atoms with Gasteiger partial charge in [-0.25, -0.2) is 4.79 Å². The Morgan fingerprint density at radius 3 is 2.57 bits per heavy atom. The van der Waals surface area contributed by atoms with Gasteiger partial charge in [-0.1, -0.05) is 30.4 Å². The first-order chi connectivity index (χ1) is 10.1. The van der Waals surface area contributed by atoms with Gasteiger partial charge in [-0.2, -0.15) is 0 Å². The number of carbonyl (C=O) groups excluding carboxylic acids is 1. The molecule has 21 heavy (non-hydrogen) atoms. The van der Waals surface area contributed by atoms with E-state index in [9.17, 15) is 9.59 Å². The summed E-state index contributed by atoms with van der Waals surface area (Å²) in [7, 11) is 0. The van der Waals surface area contributed by atoms with Crippen molar-refractivity contribution >= 4 is 34.4 Å². The number of amides is 1. The van der Waals surface area contributed by atoms with E-state index in [1.54, 1.807) is 24.3 Å². The van der Waals surface area contributed by atoms with E-state index in [4.69, 9.17) is 5.11 Å². The van der Waals surface area contributed by atoms with E-state index in [1.165, 1.54) is 17.4 Å². The Balaban J connectivity index is 2.04. The van der Waals surface area contributed by atoms with Gasteiger partial charge in [0.15, 0.2) is 0 Å². The van der Waals surface area contributed by atoms with Crippen LogP contribution in [0, 0.1) is 0 Å². The normalized spacial score (nSPS) is 10.7. The number of aliphatic carboxylic acids is 1. The van der Waals surface area contributed by atoms with Gasteiger partial charge in [0.2, 0.25) is 5.13 Å². The summed E-state index contributed by atoms with van der Waals surface area (Å²) in [5.41, 5.74) is 1.17. The Kier molecular flexibility index (Phi) is 4.78. The summed E-state index contributed by atoms with van der Waals surface area (Å²) in [6, 6.07) is 6.59. The van der Waals surface area contributed by atoms with Crippen LogP contribution in [0.3, 0.4) is 0 Å². The maximum atomic E-state index is 12.0. The fraction of sp³-hybridized carbons (Fsp3) is 0.143. The lowest BCUT2D eigenvalue weighted by atomic mass is 10.1. The van der Waals surface area contributed by atoms with Gasteiger partial charge in [0, 0.05) is 11.6 Å². The third-order valence-corrected chi connectivity index (χ3v) is 3.56. The molecule has 0 aliphatic heterocycles. The van der Waals surface area contributed by atoms with Gasteiger partial charge in [-0.15, -0.1) is 10.2 Å². The summed E-state index contributed by atoms with van der Waals surface area (Å²) < 4.78 is 0. The van der Waals surface area contributed by atoms with Crippen molar-refractivity contribution in [1.82, 2.24) is 10.2 Å². The van der Waals surface area contributed by atoms with E-state index in [0.717, 1.165) is 17.5 Å². The van der Waals surface area contributed by atoms with Gasteiger partial charge in [-0.3, -0.25) is 10.1 Å². The number of carboxylic acids is 1. The molecule has 0 spiro atoms. The number of hydrogen-bond acceptors (Lipinski definition) is 5. The lowest BCUT2D eigenvalue weighted by Gasteiger charge is -2.01. The number of rotatable bonds is 5. The highest BCUT2D eigenvalue weighted by Crippen LogP contribution is 2.16. The first-order valence-electron chi connectivity index (χ1n) is 6.23. The van der Waals surface area contributed by atoms with Crippen LogP contribution in [0.5, 0.6) is 0 Å². The zero-order chi connectivity index (χ0) is 15.2. The molecule has 108 valence electrons. The van der Waals surface area contributed by atoms with Crippen LogP contribution in [-0.2, 0) is 11.2 Å². The first-order valence-corrected chi connectivity index (χ1v) is 7.05. The van der Waals surface area contributed by atoms with Crippen molar-refractivity contribution in [2.45, 2.75) is 13.3 Å². The fourth-order valence-corrected chi connectivity index (χ4v) is 2.20. The van der Waals surface area contributed by atoms with Crippen LogP contribution in [-0.4, -0.2) is 27.2 Å². The van der Waals surface area contributed by atoms with Gasteiger partial charge in [0.25, 0.3) is 5.91 Å². The van der Waals surface area contributed by atoms with Crippen molar-refractivity contribution in [1.29, 1.82) is 0 Å². The number of aryl methyl sites for hydroxylation is 1. The summed E-state index contributed by atoms with van der Waals surface area (Å²) in [6.45, 7) is 1.97. The monoisotopic (exact) mass is 303 g/mol. The fourth-order valence-electron chi connectivity index (χ4n) is 1.53. The second-order valence-electron chi connectivity index (χ2n) is 4.10.